The molecule has 1 aromatic carbocycles. The number of aromatic amines is 1. The van der Waals surface area contributed by atoms with Crippen molar-refractivity contribution in [1.29, 1.82) is 0 Å². The first-order chi connectivity index (χ1) is 11.4. The third kappa shape index (κ3) is 5.07. The molecule has 0 saturated carbocycles. The molecule has 1 heterocycles. The van der Waals surface area contributed by atoms with Crippen molar-refractivity contribution in [2.24, 2.45) is 0 Å². The molecule has 0 fully saturated rings. The molecule has 1 aromatic heterocycles. The van der Waals surface area contributed by atoms with E-state index in [9.17, 15) is 13.2 Å². The van der Waals surface area contributed by atoms with E-state index >= 15 is 0 Å². The largest absolute Gasteiger partial charge is 0.361 e. The highest BCUT2D eigenvalue weighted by Gasteiger charge is 2.17. The van der Waals surface area contributed by atoms with Crippen LogP contribution in [0.5, 0.6) is 0 Å². The summed E-state index contributed by atoms with van der Waals surface area (Å²) in [6.07, 6.45) is 5.00. The molecule has 132 valence electrons. The van der Waals surface area contributed by atoms with Crippen LogP contribution in [0.4, 0.5) is 0 Å². The summed E-state index contributed by atoms with van der Waals surface area (Å²) in [5.41, 5.74) is 2.14. The molecule has 24 heavy (non-hydrogen) atoms. The summed E-state index contributed by atoms with van der Waals surface area (Å²) in [6.45, 7) is 2.95. The van der Waals surface area contributed by atoms with Gasteiger partial charge < -0.3 is 10.3 Å². The molecular weight excluding hydrogens is 326 g/mol. The van der Waals surface area contributed by atoms with Crippen LogP contribution in [0, 0.1) is 0 Å². The average Bonchev–Trinajstić information content (AvgIpc) is 2.93. The van der Waals surface area contributed by atoms with Crippen molar-refractivity contribution in [3.8, 4) is 0 Å². The number of rotatable bonds is 9. The number of hydrogen-bond acceptors (Lipinski definition) is 3. The number of hydrogen-bond donors (Lipinski definition) is 2. The zero-order valence-corrected chi connectivity index (χ0v) is 15.0. The zero-order valence-electron chi connectivity index (χ0n) is 14.2. The minimum Gasteiger partial charge on any atom is -0.361 e. The molecule has 0 radical (unpaired) electrons. The van der Waals surface area contributed by atoms with E-state index in [1.165, 1.54) is 10.6 Å². The highest BCUT2D eigenvalue weighted by molar-refractivity contribution is 7.88. The lowest BCUT2D eigenvalue weighted by Crippen LogP contribution is -2.39. The topological polar surface area (TPSA) is 82.3 Å². The second kappa shape index (κ2) is 8.30. The Morgan fingerprint density at radius 1 is 1.25 bits per heavy atom. The van der Waals surface area contributed by atoms with E-state index in [4.69, 9.17) is 0 Å². The highest BCUT2D eigenvalue weighted by Crippen LogP contribution is 2.18. The SMILES string of the molecule is CCCC(=O)NCCN(CCc1c[nH]c2ccccc12)S(C)(=O)=O. The Hall–Kier alpha value is -1.86. The van der Waals surface area contributed by atoms with Gasteiger partial charge in [0.15, 0.2) is 0 Å². The summed E-state index contributed by atoms with van der Waals surface area (Å²) in [7, 11) is -3.31. The summed E-state index contributed by atoms with van der Waals surface area (Å²) in [5.74, 6) is -0.0393. The number of amides is 1. The molecule has 0 saturated heterocycles. The van der Waals surface area contributed by atoms with Crippen LogP contribution in [0.25, 0.3) is 10.9 Å². The number of carbonyl (C=O) groups excluding carboxylic acids is 1. The zero-order chi connectivity index (χ0) is 17.6. The normalized spacial score (nSPS) is 12.0. The van der Waals surface area contributed by atoms with E-state index in [2.05, 4.69) is 10.3 Å². The maximum atomic E-state index is 12.0. The first-order valence-corrected chi connectivity index (χ1v) is 10.0. The predicted molar refractivity (Wildman–Crippen MR) is 96.3 cm³/mol. The van der Waals surface area contributed by atoms with Gasteiger partial charge in [0.05, 0.1) is 6.26 Å². The van der Waals surface area contributed by atoms with Crippen molar-refractivity contribution < 1.29 is 13.2 Å². The third-order valence-corrected chi connectivity index (χ3v) is 5.24. The van der Waals surface area contributed by atoms with E-state index in [-0.39, 0.29) is 12.5 Å². The predicted octanol–water partition coefficient (Wildman–Crippen LogP) is 1.89. The van der Waals surface area contributed by atoms with Gasteiger partial charge in [-0.15, -0.1) is 0 Å². The van der Waals surface area contributed by atoms with Crippen molar-refractivity contribution >= 4 is 26.8 Å². The van der Waals surface area contributed by atoms with Crippen LogP contribution in [-0.4, -0.2) is 49.5 Å². The lowest BCUT2D eigenvalue weighted by atomic mass is 10.1. The number of nitrogens with zero attached hydrogens (tertiary/aromatic N) is 1. The fraction of sp³-hybridized carbons (Fsp3) is 0.471. The number of benzene rings is 1. The summed E-state index contributed by atoms with van der Waals surface area (Å²) >= 11 is 0. The number of para-hydroxylation sites is 1. The van der Waals surface area contributed by atoms with Crippen LogP contribution in [0.15, 0.2) is 30.5 Å². The van der Waals surface area contributed by atoms with Crippen molar-refractivity contribution in [1.82, 2.24) is 14.6 Å². The Morgan fingerprint density at radius 3 is 2.71 bits per heavy atom. The smallest absolute Gasteiger partial charge is 0.220 e. The maximum Gasteiger partial charge on any atom is 0.220 e. The molecule has 0 bridgehead atoms. The van der Waals surface area contributed by atoms with E-state index in [0.717, 1.165) is 22.9 Å². The lowest BCUT2D eigenvalue weighted by molar-refractivity contribution is -0.121. The van der Waals surface area contributed by atoms with Gasteiger partial charge in [0, 0.05) is 43.2 Å². The van der Waals surface area contributed by atoms with E-state index in [1.807, 2.05) is 37.4 Å². The molecule has 0 spiro atoms. The Kier molecular flexibility index (Phi) is 6.39. The number of fused-ring (bicyclic) bond motifs is 1. The molecule has 0 aliphatic rings. The second-order valence-electron chi connectivity index (χ2n) is 5.87. The minimum atomic E-state index is -3.31. The standard InChI is InChI=1S/C17H25N3O3S/c1-3-6-17(21)18-10-12-20(24(2,22)23)11-9-14-13-19-16-8-5-4-7-15(14)16/h4-5,7-8,13,19H,3,6,9-12H2,1-2H3,(H,18,21). The van der Waals surface area contributed by atoms with Gasteiger partial charge in [0.2, 0.25) is 15.9 Å². The lowest BCUT2D eigenvalue weighted by Gasteiger charge is -2.20. The fourth-order valence-electron chi connectivity index (χ4n) is 2.66. The molecule has 1 amide bonds. The Balaban J connectivity index is 1.95. The maximum absolute atomic E-state index is 12.0. The fourth-order valence-corrected chi connectivity index (χ4v) is 3.51. The molecule has 2 rings (SSSR count). The number of sulfonamides is 1. The number of H-pyrrole nitrogens is 1. The molecule has 0 aliphatic heterocycles. The van der Waals surface area contributed by atoms with E-state index in [0.29, 0.717) is 25.9 Å². The molecule has 0 atom stereocenters. The van der Waals surface area contributed by atoms with Gasteiger partial charge in [-0.3, -0.25) is 4.79 Å². The Bertz CT molecular complexity index is 783. The van der Waals surface area contributed by atoms with Crippen molar-refractivity contribution in [3.63, 3.8) is 0 Å². The molecule has 2 aromatic rings. The third-order valence-electron chi connectivity index (χ3n) is 3.93. The van der Waals surface area contributed by atoms with Crippen LogP contribution in [0.1, 0.15) is 25.3 Å². The summed E-state index contributed by atoms with van der Waals surface area (Å²) < 4.78 is 25.3. The summed E-state index contributed by atoms with van der Waals surface area (Å²) in [4.78, 5) is 14.7. The van der Waals surface area contributed by atoms with Gasteiger partial charge in [0.1, 0.15) is 0 Å². The second-order valence-corrected chi connectivity index (χ2v) is 7.85. The van der Waals surface area contributed by atoms with Gasteiger partial charge in [-0.2, -0.15) is 0 Å². The van der Waals surface area contributed by atoms with Gasteiger partial charge in [-0.25, -0.2) is 12.7 Å². The van der Waals surface area contributed by atoms with Crippen LogP contribution in [0.2, 0.25) is 0 Å². The first-order valence-electron chi connectivity index (χ1n) is 8.18. The minimum absolute atomic E-state index is 0.0393. The number of nitrogens with one attached hydrogen (secondary N) is 2. The number of carbonyl (C=O) groups is 1. The van der Waals surface area contributed by atoms with Gasteiger partial charge in [0.25, 0.3) is 0 Å². The molecule has 2 N–H and O–H groups in total. The highest BCUT2D eigenvalue weighted by atomic mass is 32.2. The van der Waals surface area contributed by atoms with Crippen LogP contribution < -0.4 is 5.32 Å². The van der Waals surface area contributed by atoms with Gasteiger partial charge >= 0.3 is 0 Å². The molecule has 6 nitrogen and oxygen atoms in total. The monoisotopic (exact) mass is 351 g/mol. The van der Waals surface area contributed by atoms with Crippen LogP contribution in [-0.2, 0) is 21.2 Å². The molecular formula is C17H25N3O3S. The van der Waals surface area contributed by atoms with E-state index < -0.39 is 10.0 Å². The van der Waals surface area contributed by atoms with Crippen LogP contribution >= 0.6 is 0 Å². The summed E-state index contributed by atoms with van der Waals surface area (Å²) in [6, 6.07) is 7.95. The Labute approximate surface area is 143 Å². The molecule has 0 unspecified atom stereocenters. The number of aromatic nitrogens is 1. The van der Waals surface area contributed by atoms with Gasteiger partial charge in [-0.05, 0) is 24.5 Å². The van der Waals surface area contributed by atoms with Crippen molar-refractivity contribution in [3.05, 3.63) is 36.0 Å². The molecule has 7 heteroatoms. The molecule has 0 aliphatic carbocycles. The average molecular weight is 351 g/mol. The van der Waals surface area contributed by atoms with Gasteiger partial charge in [-0.1, -0.05) is 25.1 Å². The van der Waals surface area contributed by atoms with Crippen molar-refractivity contribution in [2.45, 2.75) is 26.2 Å². The quantitative estimate of drug-likeness (QED) is 0.724. The first kappa shape index (κ1) is 18.5. The van der Waals surface area contributed by atoms with Crippen molar-refractivity contribution in [2.75, 3.05) is 25.9 Å². The Morgan fingerprint density at radius 2 is 2.00 bits per heavy atom. The van der Waals surface area contributed by atoms with E-state index in [1.54, 1.807) is 0 Å². The summed E-state index contributed by atoms with van der Waals surface area (Å²) in [5, 5.41) is 3.87. The van der Waals surface area contributed by atoms with Crippen LogP contribution in [0.3, 0.4) is 0 Å².